The van der Waals surface area contributed by atoms with Gasteiger partial charge in [-0.1, -0.05) is 24.3 Å². The lowest BCUT2D eigenvalue weighted by Gasteiger charge is -2.26. The number of amides is 1. The number of nitrogens with one attached hydrogen (secondary N) is 1. The maximum Gasteiger partial charge on any atom is 0.241 e. The number of ether oxygens (including phenoxy) is 2. The summed E-state index contributed by atoms with van der Waals surface area (Å²) in [5, 5.41) is 1.89. The summed E-state index contributed by atoms with van der Waals surface area (Å²) in [7, 11) is 3.21. The summed E-state index contributed by atoms with van der Waals surface area (Å²) in [6, 6.07) is 15.5. The van der Waals surface area contributed by atoms with Crippen molar-refractivity contribution in [3.63, 3.8) is 0 Å². The normalized spacial score (nSPS) is 17.3. The number of benzene rings is 2. The van der Waals surface area contributed by atoms with Crippen LogP contribution in [0.2, 0.25) is 0 Å². The van der Waals surface area contributed by atoms with E-state index in [1.54, 1.807) is 14.2 Å². The molecule has 0 aliphatic carbocycles. The van der Waals surface area contributed by atoms with Gasteiger partial charge in [-0.2, -0.15) is 0 Å². The topological polar surface area (TPSA) is 50.8 Å². The number of hydrogen-bond acceptors (Lipinski definition) is 4. The van der Waals surface area contributed by atoms with Crippen LogP contribution >= 0.6 is 0 Å². The number of carbonyl (C=O) groups excluding carboxylic acids is 1. The molecule has 1 fully saturated rings. The van der Waals surface area contributed by atoms with Gasteiger partial charge in [0, 0.05) is 0 Å². The maximum absolute atomic E-state index is 11.9. The van der Waals surface area contributed by atoms with Gasteiger partial charge in [-0.15, -0.1) is 0 Å². The molecule has 0 spiro atoms. The second-order valence-electron chi connectivity index (χ2n) is 5.07. The van der Waals surface area contributed by atoms with E-state index in [-0.39, 0.29) is 11.9 Å². The van der Waals surface area contributed by atoms with Crippen molar-refractivity contribution in [1.29, 1.82) is 0 Å². The summed E-state index contributed by atoms with van der Waals surface area (Å²) in [6.07, 6.45) is 0.407. The van der Waals surface area contributed by atoms with E-state index in [4.69, 9.17) is 9.47 Å². The smallest absolute Gasteiger partial charge is 0.241 e. The van der Waals surface area contributed by atoms with Crippen molar-refractivity contribution >= 4 is 11.6 Å². The molecule has 5 heteroatoms. The summed E-state index contributed by atoms with van der Waals surface area (Å²) in [5.41, 5.74) is 4.86. The Labute approximate surface area is 129 Å². The van der Waals surface area contributed by atoms with Crippen LogP contribution in [0.4, 0.5) is 5.69 Å². The van der Waals surface area contributed by atoms with Gasteiger partial charge in [0.2, 0.25) is 5.91 Å². The SMILES string of the molecule is COc1ccc([C@H]2CC(=O)NN2c2ccccc2)cc1OC. The van der Waals surface area contributed by atoms with Gasteiger partial charge < -0.3 is 9.47 Å². The van der Waals surface area contributed by atoms with Crippen molar-refractivity contribution in [1.82, 2.24) is 5.43 Å². The number of nitrogens with zero attached hydrogens (tertiary/aromatic N) is 1. The molecule has 1 saturated heterocycles. The van der Waals surface area contributed by atoms with Crippen molar-refractivity contribution in [3.8, 4) is 11.5 Å². The van der Waals surface area contributed by atoms with Gasteiger partial charge in [-0.3, -0.25) is 15.2 Å². The Morgan fingerprint density at radius 1 is 1.05 bits per heavy atom. The fourth-order valence-corrected chi connectivity index (χ4v) is 2.68. The second kappa shape index (κ2) is 5.97. The molecule has 1 aliphatic rings. The number of anilines is 1. The molecule has 114 valence electrons. The van der Waals surface area contributed by atoms with E-state index in [0.29, 0.717) is 17.9 Å². The Balaban J connectivity index is 1.97. The molecule has 1 N–H and O–H groups in total. The predicted molar refractivity (Wildman–Crippen MR) is 84.0 cm³/mol. The lowest BCUT2D eigenvalue weighted by Crippen LogP contribution is -2.34. The lowest BCUT2D eigenvalue weighted by molar-refractivity contribution is -0.119. The second-order valence-corrected chi connectivity index (χ2v) is 5.07. The first-order chi connectivity index (χ1) is 10.7. The Morgan fingerprint density at radius 2 is 1.77 bits per heavy atom. The number of para-hydroxylation sites is 1. The van der Waals surface area contributed by atoms with Crippen LogP contribution in [0.3, 0.4) is 0 Å². The molecule has 3 rings (SSSR count). The highest BCUT2D eigenvalue weighted by Crippen LogP contribution is 2.36. The van der Waals surface area contributed by atoms with Crippen LogP contribution in [0.25, 0.3) is 0 Å². The number of rotatable bonds is 4. The maximum atomic E-state index is 11.9. The number of carbonyl (C=O) groups is 1. The first kappa shape index (κ1) is 14.3. The molecule has 0 saturated carbocycles. The first-order valence-electron chi connectivity index (χ1n) is 7.08. The molecule has 1 heterocycles. The number of hydrazine groups is 1. The van der Waals surface area contributed by atoms with Crippen molar-refractivity contribution in [2.75, 3.05) is 19.2 Å². The van der Waals surface area contributed by atoms with E-state index < -0.39 is 0 Å². The lowest BCUT2D eigenvalue weighted by atomic mass is 10.0. The molecule has 22 heavy (non-hydrogen) atoms. The minimum Gasteiger partial charge on any atom is -0.493 e. The van der Waals surface area contributed by atoms with Gasteiger partial charge >= 0.3 is 0 Å². The zero-order valence-corrected chi connectivity index (χ0v) is 12.6. The summed E-state index contributed by atoms with van der Waals surface area (Å²) >= 11 is 0. The van der Waals surface area contributed by atoms with Crippen molar-refractivity contribution in [2.24, 2.45) is 0 Å². The molecular formula is C17H18N2O3. The average Bonchev–Trinajstić information content (AvgIpc) is 2.97. The van der Waals surface area contributed by atoms with Gasteiger partial charge in [0.25, 0.3) is 0 Å². The van der Waals surface area contributed by atoms with Gasteiger partial charge in [-0.25, -0.2) is 0 Å². The number of hydrogen-bond donors (Lipinski definition) is 1. The van der Waals surface area contributed by atoms with Crippen LogP contribution in [-0.2, 0) is 4.79 Å². The molecule has 0 radical (unpaired) electrons. The van der Waals surface area contributed by atoms with Crippen molar-refractivity contribution in [2.45, 2.75) is 12.5 Å². The van der Waals surface area contributed by atoms with E-state index in [1.165, 1.54) is 0 Å². The molecule has 0 aromatic heterocycles. The van der Waals surface area contributed by atoms with Crippen LogP contribution in [-0.4, -0.2) is 20.1 Å². The van der Waals surface area contributed by atoms with Crippen LogP contribution < -0.4 is 19.9 Å². The molecule has 2 aromatic rings. The Bertz CT molecular complexity index is 673. The zero-order valence-electron chi connectivity index (χ0n) is 12.6. The molecule has 1 amide bonds. The Morgan fingerprint density at radius 3 is 2.45 bits per heavy atom. The quantitative estimate of drug-likeness (QED) is 0.943. The third kappa shape index (κ3) is 2.57. The van der Waals surface area contributed by atoms with Crippen molar-refractivity contribution in [3.05, 3.63) is 54.1 Å². The van der Waals surface area contributed by atoms with E-state index in [9.17, 15) is 4.79 Å². The molecule has 1 aliphatic heterocycles. The first-order valence-corrected chi connectivity index (χ1v) is 7.08. The van der Waals surface area contributed by atoms with Gasteiger partial charge in [0.15, 0.2) is 11.5 Å². The molecule has 0 bridgehead atoms. The largest absolute Gasteiger partial charge is 0.493 e. The fourth-order valence-electron chi connectivity index (χ4n) is 2.68. The van der Waals surface area contributed by atoms with Crippen LogP contribution in [0, 0.1) is 0 Å². The summed E-state index contributed by atoms with van der Waals surface area (Å²) in [5.74, 6) is 1.34. The van der Waals surface area contributed by atoms with E-state index in [2.05, 4.69) is 5.43 Å². The number of methoxy groups -OCH3 is 2. The van der Waals surface area contributed by atoms with Crippen molar-refractivity contribution < 1.29 is 14.3 Å². The average molecular weight is 298 g/mol. The molecule has 2 aromatic carbocycles. The minimum atomic E-state index is -0.0743. The third-order valence-corrected chi connectivity index (χ3v) is 3.76. The molecular weight excluding hydrogens is 280 g/mol. The van der Waals surface area contributed by atoms with E-state index >= 15 is 0 Å². The van der Waals surface area contributed by atoms with Gasteiger partial charge in [0.05, 0.1) is 32.4 Å². The summed E-state index contributed by atoms with van der Waals surface area (Å²) in [6.45, 7) is 0. The molecule has 1 atom stereocenters. The summed E-state index contributed by atoms with van der Waals surface area (Å²) < 4.78 is 10.6. The standard InChI is InChI=1S/C17H18N2O3/c1-21-15-9-8-12(10-16(15)22-2)14-11-17(20)18-19(14)13-6-4-3-5-7-13/h3-10,14H,11H2,1-2H3,(H,18,20)/t14-/m1/s1. The monoisotopic (exact) mass is 298 g/mol. The minimum absolute atomic E-state index is 0.00337. The van der Waals surface area contributed by atoms with Crippen LogP contribution in [0.5, 0.6) is 11.5 Å². The zero-order chi connectivity index (χ0) is 15.5. The molecule has 5 nitrogen and oxygen atoms in total. The third-order valence-electron chi connectivity index (χ3n) is 3.76. The predicted octanol–water partition coefficient (Wildman–Crippen LogP) is 2.69. The van der Waals surface area contributed by atoms with Gasteiger partial charge in [0.1, 0.15) is 0 Å². The molecule has 0 unspecified atom stereocenters. The summed E-state index contributed by atoms with van der Waals surface area (Å²) in [4.78, 5) is 11.9. The van der Waals surface area contributed by atoms with E-state index in [1.807, 2.05) is 53.5 Å². The highest BCUT2D eigenvalue weighted by Gasteiger charge is 2.32. The van der Waals surface area contributed by atoms with E-state index in [0.717, 1.165) is 11.3 Å². The van der Waals surface area contributed by atoms with Gasteiger partial charge in [-0.05, 0) is 29.8 Å². The van der Waals surface area contributed by atoms with Crippen LogP contribution in [0.1, 0.15) is 18.0 Å². The Kier molecular flexibility index (Phi) is 3.87. The van der Waals surface area contributed by atoms with Crippen LogP contribution in [0.15, 0.2) is 48.5 Å². The highest BCUT2D eigenvalue weighted by atomic mass is 16.5. The fraction of sp³-hybridized carbons (Fsp3) is 0.235. The highest BCUT2D eigenvalue weighted by molar-refractivity contribution is 5.83. The Hall–Kier alpha value is -2.69.